The smallest absolute Gasteiger partial charge is 0.0729 e. The van der Waals surface area contributed by atoms with Crippen LogP contribution in [-0.2, 0) is 0 Å². The molecule has 0 aliphatic rings. The summed E-state index contributed by atoms with van der Waals surface area (Å²) in [5, 5.41) is 0.627. The van der Waals surface area contributed by atoms with Gasteiger partial charge < -0.3 is 5.73 Å². The molecule has 0 spiro atoms. The zero-order chi connectivity index (χ0) is 12.4. The highest BCUT2D eigenvalue weighted by Crippen LogP contribution is 2.23. The average molecular weight is 247 g/mol. The Balaban J connectivity index is 2.40. The zero-order valence-corrected chi connectivity index (χ0v) is 10.7. The minimum atomic E-state index is -0.202. The van der Waals surface area contributed by atoms with Crippen molar-refractivity contribution in [3.8, 4) is 0 Å². The van der Waals surface area contributed by atoms with Gasteiger partial charge in [-0.25, -0.2) is 0 Å². The predicted molar refractivity (Wildman–Crippen MR) is 71.2 cm³/mol. The second kappa shape index (κ2) is 4.86. The van der Waals surface area contributed by atoms with E-state index < -0.39 is 0 Å². The maximum absolute atomic E-state index is 6.23. The van der Waals surface area contributed by atoms with Gasteiger partial charge in [0, 0.05) is 6.20 Å². The van der Waals surface area contributed by atoms with Crippen molar-refractivity contribution in [1.82, 2.24) is 4.98 Å². The van der Waals surface area contributed by atoms with Crippen LogP contribution in [0.1, 0.15) is 28.4 Å². The van der Waals surface area contributed by atoms with Crippen molar-refractivity contribution in [2.75, 3.05) is 0 Å². The Morgan fingerprint density at radius 1 is 1.18 bits per heavy atom. The Hall–Kier alpha value is -1.38. The van der Waals surface area contributed by atoms with Gasteiger partial charge in [0.05, 0.1) is 16.8 Å². The van der Waals surface area contributed by atoms with E-state index >= 15 is 0 Å². The molecule has 2 nitrogen and oxygen atoms in total. The van der Waals surface area contributed by atoms with Crippen molar-refractivity contribution in [3.63, 3.8) is 0 Å². The number of aryl methyl sites for hydroxylation is 1. The van der Waals surface area contributed by atoms with Crippen molar-refractivity contribution < 1.29 is 0 Å². The molecule has 1 heterocycles. The van der Waals surface area contributed by atoms with Crippen molar-refractivity contribution >= 4 is 11.6 Å². The van der Waals surface area contributed by atoms with Crippen molar-refractivity contribution in [2.45, 2.75) is 19.9 Å². The van der Waals surface area contributed by atoms with E-state index in [9.17, 15) is 0 Å². The fourth-order valence-corrected chi connectivity index (χ4v) is 1.95. The lowest BCUT2D eigenvalue weighted by molar-refractivity contribution is 0.819. The number of aromatic nitrogens is 1. The number of pyridine rings is 1. The Morgan fingerprint density at radius 3 is 2.59 bits per heavy atom. The summed E-state index contributed by atoms with van der Waals surface area (Å²) in [6.07, 6.45) is 1.63. The molecule has 0 fully saturated rings. The van der Waals surface area contributed by atoms with Crippen molar-refractivity contribution in [3.05, 3.63) is 63.9 Å². The van der Waals surface area contributed by atoms with Crippen LogP contribution in [0.25, 0.3) is 0 Å². The summed E-state index contributed by atoms with van der Waals surface area (Å²) in [6, 6.07) is 9.63. The van der Waals surface area contributed by atoms with E-state index in [1.807, 2.05) is 24.3 Å². The molecule has 0 bridgehead atoms. The first-order chi connectivity index (χ1) is 8.09. The topological polar surface area (TPSA) is 38.9 Å². The zero-order valence-electron chi connectivity index (χ0n) is 9.94. The Labute approximate surface area is 106 Å². The molecule has 1 aromatic heterocycles. The summed E-state index contributed by atoms with van der Waals surface area (Å²) in [5.74, 6) is 0. The number of nitrogens with two attached hydrogens (primary N) is 1. The van der Waals surface area contributed by atoms with Crippen LogP contribution < -0.4 is 5.73 Å². The highest BCUT2D eigenvalue weighted by Gasteiger charge is 2.13. The van der Waals surface area contributed by atoms with Gasteiger partial charge in [-0.05, 0) is 42.7 Å². The van der Waals surface area contributed by atoms with E-state index in [4.69, 9.17) is 17.3 Å². The van der Waals surface area contributed by atoms with Crippen LogP contribution in [0.15, 0.2) is 36.5 Å². The lowest BCUT2D eigenvalue weighted by Crippen LogP contribution is -2.15. The van der Waals surface area contributed by atoms with Crippen LogP contribution >= 0.6 is 11.6 Å². The average Bonchev–Trinajstić information content (AvgIpc) is 2.33. The highest BCUT2D eigenvalue weighted by atomic mass is 35.5. The minimum Gasteiger partial charge on any atom is -0.319 e. The molecule has 0 aliphatic heterocycles. The maximum atomic E-state index is 6.23. The third-order valence-electron chi connectivity index (χ3n) is 3.05. The number of hydrogen-bond acceptors (Lipinski definition) is 2. The Bertz CT molecular complexity index is 520. The molecule has 2 N–H and O–H groups in total. The molecular weight excluding hydrogens is 232 g/mol. The first-order valence-corrected chi connectivity index (χ1v) is 5.90. The third-order valence-corrected chi connectivity index (χ3v) is 3.27. The van der Waals surface area contributed by atoms with Crippen LogP contribution in [0.2, 0.25) is 5.02 Å². The number of halogens is 1. The number of hydrogen-bond donors (Lipinski definition) is 1. The van der Waals surface area contributed by atoms with Gasteiger partial charge in [-0.15, -0.1) is 0 Å². The molecule has 0 saturated carbocycles. The van der Waals surface area contributed by atoms with E-state index in [-0.39, 0.29) is 6.04 Å². The van der Waals surface area contributed by atoms with Crippen molar-refractivity contribution in [2.24, 2.45) is 5.73 Å². The summed E-state index contributed by atoms with van der Waals surface area (Å²) >= 11 is 5.82. The van der Waals surface area contributed by atoms with Crippen LogP contribution in [0.5, 0.6) is 0 Å². The number of benzene rings is 1. The van der Waals surface area contributed by atoms with E-state index in [1.165, 1.54) is 11.1 Å². The normalized spacial score (nSPS) is 12.5. The standard InChI is InChI=1S/C14H15ClN2/c1-9-4-3-5-12(10(9)2)14(16)13-7-6-11(15)8-17-13/h3-8,14H,16H2,1-2H3. The van der Waals surface area contributed by atoms with E-state index in [0.717, 1.165) is 11.3 Å². The molecule has 0 amide bonds. The van der Waals surface area contributed by atoms with Gasteiger partial charge in [0.25, 0.3) is 0 Å². The summed E-state index contributed by atoms with van der Waals surface area (Å²) in [6.45, 7) is 4.17. The summed E-state index contributed by atoms with van der Waals surface area (Å²) < 4.78 is 0. The van der Waals surface area contributed by atoms with Crippen LogP contribution in [-0.4, -0.2) is 4.98 Å². The minimum absolute atomic E-state index is 0.202. The first kappa shape index (κ1) is 12.1. The Kier molecular flexibility index (Phi) is 3.46. The van der Waals surface area contributed by atoms with Crippen molar-refractivity contribution in [1.29, 1.82) is 0 Å². The second-order valence-electron chi connectivity index (χ2n) is 4.17. The molecule has 0 aliphatic carbocycles. The van der Waals surface area contributed by atoms with Crippen LogP contribution in [0.3, 0.4) is 0 Å². The molecule has 1 atom stereocenters. The number of rotatable bonds is 2. The largest absolute Gasteiger partial charge is 0.319 e. The summed E-state index contributed by atoms with van der Waals surface area (Å²) in [5.41, 5.74) is 10.6. The molecule has 3 heteroatoms. The van der Waals surface area contributed by atoms with Gasteiger partial charge >= 0.3 is 0 Å². The van der Waals surface area contributed by atoms with Crippen LogP contribution in [0.4, 0.5) is 0 Å². The van der Waals surface area contributed by atoms with Gasteiger partial charge in [-0.1, -0.05) is 29.8 Å². The molecule has 0 saturated heterocycles. The predicted octanol–water partition coefficient (Wildman–Crippen LogP) is 3.40. The molecule has 17 heavy (non-hydrogen) atoms. The van der Waals surface area contributed by atoms with E-state index in [0.29, 0.717) is 5.02 Å². The number of nitrogens with zero attached hydrogens (tertiary/aromatic N) is 1. The fourth-order valence-electron chi connectivity index (χ4n) is 1.84. The quantitative estimate of drug-likeness (QED) is 0.882. The van der Waals surface area contributed by atoms with Gasteiger partial charge in [0.1, 0.15) is 0 Å². The molecular formula is C14H15ClN2. The van der Waals surface area contributed by atoms with Gasteiger partial charge in [0.2, 0.25) is 0 Å². The molecule has 1 unspecified atom stereocenters. The SMILES string of the molecule is Cc1cccc(C(N)c2ccc(Cl)cn2)c1C. The van der Waals surface area contributed by atoms with E-state index in [2.05, 4.69) is 24.9 Å². The maximum Gasteiger partial charge on any atom is 0.0729 e. The van der Waals surface area contributed by atoms with Crippen LogP contribution in [0, 0.1) is 13.8 Å². The third kappa shape index (κ3) is 2.48. The van der Waals surface area contributed by atoms with Gasteiger partial charge in [-0.2, -0.15) is 0 Å². The summed E-state index contributed by atoms with van der Waals surface area (Å²) in [4.78, 5) is 4.27. The molecule has 1 aromatic carbocycles. The molecule has 88 valence electrons. The lowest BCUT2D eigenvalue weighted by atomic mass is 9.96. The van der Waals surface area contributed by atoms with E-state index in [1.54, 1.807) is 6.20 Å². The first-order valence-electron chi connectivity index (χ1n) is 5.52. The highest BCUT2D eigenvalue weighted by molar-refractivity contribution is 6.30. The molecule has 2 rings (SSSR count). The summed E-state index contributed by atoms with van der Waals surface area (Å²) in [7, 11) is 0. The lowest BCUT2D eigenvalue weighted by Gasteiger charge is -2.15. The Morgan fingerprint density at radius 2 is 1.94 bits per heavy atom. The fraction of sp³-hybridized carbons (Fsp3) is 0.214. The monoisotopic (exact) mass is 246 g/mol. The van der Waals surface area contributed by atoms with Gasteiger partial charge in [0.15, 0.2) is 0 Å². The molecule has 0 radical (unpaired) electrons. The second-order valence-corrected chi connectivity index (χ2v) is 4.60. The van der Waals surface area contributed by atoms with Gasteiger partial charge in [-0.3, -0.25) is 4.98 Å². The molecule has 2 aromatic rings.